The quantitative estimate of drug-likeness (QED) is 0.744. The van der Waals surface area contributed by atoms with Crippen molar-refractivity contribution < 1.29 is 0 Å². The molecule has 2 rings (SSSR count). The van der Waals surface area contributed by atoms with Crippen LogP contribution in [0.3, 0.4) is 0 Å². The lowest BCUT2D eigenvalue weighted by atomic mass is 9.74. The van der Waals surface area contributed by atoms with E-state index in [-0.39, 0.29) is 0 Å². The lowest BCUT2D eigenvalue weighted by Gasteiger charge is -2.43. The zero-order valence-electron chi connectivity index (χ0n) is 10.5. The highest BCUT2D eigenvalue weighted by atomic mass is 15.0. The molecule has 2 saturated carbocycles. The molecule has 1 heteroatoms. The second kappa shape index (κ2) is 4.86. The second-order valence-corrected chi connectivity index (χ2v) is 6.01. The van der Waals surface area contributed by atoms with Gasteiger partial charge in [0.15, 0.2) is 0 Å². The Labute approximate surface area is 95.0 Å². The van der Waals surface area contributed by atoms with Gasteiger partial charge in [-0.2, -0.15) is 0 Å². The molecule has 0 saturated heterocycles. The first-order chi connectivity index (χ1) is 7.24. The minimum Gasteiger partial charge on any atom is -0.311 e. The summed E-state index contributed by atoms with van der Waals surface area (Å²) < 4.78 is 0. The molecule has 0 aromatic rings. The SMILES string of the molecule is CCC1(NCC2CCCC(C)C2)CCC1. The highest BCUT2D eigenvalue weighted by molar-refractivity contribution is 4.95. The Morgan fingerprint density at radius 1 is 1.20 bits per heavy atom. The van der Waals surface area contributed by atoms with Crippen molar-refractivity contribution in [2.24, 2.45) is 11.8 Å². The van der Waals surface area contributed by atoms with Gasteiger partial charge in [-0.25, -0.2) is 0 Å². The summed E-state index contributed by atoms with van der Waals surface area (Å²) in [5.41, 5.74) is 0.556. The first kappa shape index (κ1) is 11.4. The van der Waals surface area contributed by atoms with Gasteiger partial charge < -0.3 is 5.32 Å². The monoisotopic (exact) mass is 209 g/mol. The van der Waals surface area contributed by atoms with E-state index < -0.39 is 0 Å². The Balaban J connectivity index is 1.72. The Kier molecular flexibility index (Phi) is 3.71. The van der Waals surface area contributed by atoms with Crippen LogP contribution in [0.2, 0.25) is 0 Å². The normalized spacial score (nSPS) is 34.8. The van der Waals surface area contributed by atoms with Crippen molar-refractivity contribution >= 4 is 0 Å². The summed E-state index contributed by atoms with van der Waals surface area (Å²) in [5.74, 6) is 1.95. The maximum absolute atomic E-state index is 3.87. The molecule has 2 aliphatic rings. The van der Waals surface area contributed by atoms with Crippen LogP contribution in [0.1, 0.15) is 65.2 Å². The minimum absolute atomic E-state index is 0.556. The Morgan fingerprint density at radius 3 is 2.53 bits per heavy atom. The van der Waals surface area contributed by atoms with Gasteiger partial charge in [-0.15, -0.1) is 0 Å². The van der Waals surface area contributed by atoms with Crippen molar-refractivity contribution in [1.29, 1.82) is 0 Å². The van der Waals surface area contributed by atoms with E-state index in [1.807, 2.05) is 0 Å². The molecule has 88 valence electrons. The highest BCUT2D eigenvalue weighted by Gasteiger charge is 2.35. The molecule has 1 nitrogen and oxygen atoms in total. The average molecular weight is 209 g/mol. The molecule has 2 fully saturated rings. The van der Waals surface area contributed by atoms with Gasteiger partial charge in [-0.1, -0.05) is 26.7 Å². The summed E-state index contributed by atoms with van der Waals surface area (Å²) >= 11 is 0. The number of hydrogen-bond donors (Lipinski definition) is 1. The molecule has 0 amide bonds. The molecule has 15 heavy (non-hydrogen) atoms. The number of nitrogens with one attached hydrogen (secondary N) is 1. The van der Waals surface area contributed by atoms with Crippen LogP contribution in [0.4, 0.5) is 0 Å². The summed E-state index contributed by atoms with van der Waals surface area (Å²) in [6, 6.07) is 0. The van der Waals surface area contributed by atoms with Crippen LogP contribution in [0.15, 0.2) is 0 Å². The predicted octanol–water partition coefficient (Wildman–Crippen LogP) is 3.74. The molecule has 0 heterocycles. The molecular formula is C14H27N. The van der Waals surface area contributed by atoms with Gasteiger partial charge in [0.2, 0.25) is 0 Å². The minimum atomic E-state index is 0.556. The van der Waals surface area contributed by atoms with Crippen molar-refractivity contribution in [3.63, 3.8) is 0 Å². The molecule has 2 unspecified atom stereocenters. The van der Waals surface area contributed by atoms with Crippen LogP contribution < -0.4 is 5.32 Å². The molecule has 0 bridgehead atoms. The maximum Gasteiger partial charge on any atom is 0.0179 e. The van der Waals surface area contributed by atoms with Crippen molar-refractivity contribution in [2.45, 2.75) is 70.8 Å². The van der Waals surface area contributed by atoms with Gasteiger partial charge in [0.1, 0.15) is 0 Å². The largest absolute Gasteiger partial charge is 0.311 e. The fourth-order valence-corrected chi connectivity index (χ4v) is 3.36. The van der Waals surface area contributed by atoms with Crippen molar-refractivity contribution in [3.8, 4) is 0 Å². The fraction of sp³-hybridized carbons (Fsp3) is 1.00. The zero-order valence-corrected chi connectivity index (χ0v) is 10.5. The van der Waals surface area contributed by atoms with Crippen LogP contribution in [0.5, 0.6) is 0 Å². The predicted molar refractivity (Wildman–Crippen MR) is 66.0 cm³/mol. The van der Waals surface area contributed by atoms with E-state index in [0.29, 0.717) is 5.54 Å². The maximum atomic E-state index is 3.87. The summed E-state index contributed by atoms with van der Waals surface area (Å²) in [6.07, 6.45) is 11.5. The molecule has 0 spiro atoms. The summed E-state index contributed by atoms with van der Waals surface area (Å²) in [5, 5.41) is 3.87. The average Bonchev–Trinajstić information content (AvgIpc) is 2.17. The van der Waals surface area contributed by atoms with E-state index in [9.17, 15) is 0 Å². The molecule has 0 aromatic heterocycles. The van der Waals surface area contributed by atoms with Crippen LogP contribution in [0, 0.1) is 11.8 Å². The van der Waals surface area contributed by atoms with E-state index in [1.165, 1.54) is 57.9 Å². The van der Waals surface area contributed by atoms with Gasteiger partial charge in [0, 0.05) is 5.54 Å². The lowest BCUT2D eigenvalue weighted by molar-refractivity contribution is 0.155. The first-order valence-electron chi connectivity index (χ1n) is 6.99. The third-order valence-corrected chi connectivity index (χ3v) is 4.80. The number of rotatable bonds is 4. The molecular weight excluding hydrogens is 182 g/mol. The highest BCUT2D eigenvalue weighted by Crippen LogP contribution is 2.35. The fourth-order valence-electron chi connectivity index (χ4n) is 3.36. The van der Waals surface area contributed by atoms with Crippen molar-refractivity contribution in [3.05, 3.63) is 0 Å². The van der Waals surface area contributed by atoms with Crippen LogP contribution in [-0.2, 0) is 0 Å². The summed E-state index contributed by atoms with van der Waals surface area (Å²) in [7, 11) is 0. The van der Waals surface area contributed by atoms with Gasteiger partial charge in [-0.05, 0) is 56.9 Å². The first-order valence-corrected chi connectivity index (χ1v) is 6.99. The topological polar surface area (TPSA) is 12.0 Å². The van der Waals surface area contributed by atoms with E-state index in [0.717, 1.165) is 11.8 Å². The Bertz CT molecular complexity index is 190. The standard InChI is InChI=1S/C14H27N/c1-3-14(8-5-9-14)15-11-13-7-4-6-12(2)10-13/h12-13,15H,3-11H2,1-2H3. The van der Waals surface area contributed by atoms with E-state index in [4.69, 9.17) is 0 Å². The molecule has 0 aromatic carbocycles. The molecule has 2 atom stereocenters. The van der Waals surface area contributed by atoms with E-state index >= 15 is 0 Å². The smallest absolute Gasteiger partial charge is 0.0179 e. The van der Waals surface area contributed by atoms with Gasteiger partial charge in [-0.3, -0.25) is 0 Å². The summed E-state index contributed by atoms with van der Waals surface area (Å²) in [4.78, 5) is 0. The van der Waals surface area contributed by atoms with Gasteiger partial charge in [0.05, 0.1) is 0 Å². The van der Waals surface area contributed by atoms with Crippen LogP contribution >= 0.6 is 0 Å². The molecule has 1 N–H and O–H groups in total. The molecule has 2 aliphatic carbocycles. The van der Waals surface area contributed by atoms with Crippen molar-refractivity contribution in [1.82, 2.24) is 5.32 Å². The zero-order chi connectivity index (χ0) is 10.7. The van der Waals surface area contributed by atoms with Crippen LogP contribution in [0.25, 0.3) is 0 Å². The second-order valence-electron chi connectivity index (χ2n) is 6.01. The van der Waals surface area contributed by atoms with Gasteiger partial charge >= 0.3 is 0 Å². The van der Waals surface area contributed by atoms with E-state index in [1.54, 1.807) is 0 Å². The Hall–Kier alpha value is -0.0400. The van der Waals surface area contributed by atoms with Gasteiger partial charge in [0.25, 0.3) is 0 Å². The third kappa shape index (κ3) is 2.75. The third-order valence-electron chi connectivity index (χ3n) is 4.80. The summed E-state index contributed by atoms with van der Waals surface area (Å²) in [6.45, 7) is 6.05. The number of hydrogen-bond acceptors (Lipinski definition) is 1. The van der Waals surface area contributed by atoms with E-state index in [2.05, 4.69) is 19.2 Å². The lowest BCUT2D eigenvalue weighted by Crippen LogP contribution is -2.52. The molecule has 0 aliphatic heterocycles. The van der Waals surface area contributed by atoms with Crippen LogP contribution in [-0.4, -0.2) is 12.1 Å². The molecule has 0 radical (unpaired) electrons. The van der Waals surface area contributed by atoms with Crippen molar-refractivity contribution in [2.75, 3.05) is 6.54 Å². The Morgan fingerprint density at radius 2 is 2.00 bits per heavy atom.